The third kappa shape index (κ3) is 38.4. The number of phosphoric acid groups is 1. The monoisotopic (exact) mass is 782 g/mol. The Morgan fingerprint density at radius 2 is 1.13 bits per heavy atom. The minimum Gasteiger partial charge on any atom is -0.396 e. The number of hydrogen-bond acceptors (Lipinski definition) is 6. The predicted molar refractivity (Wildman–Crippen MR) is 227 cm³/mol. The molecule has 10 heteroatoms. The average molecular weight is 782 g/mol. The van der Waals surface area contributed by atoms with Gasteiger partial charge in [0.1, 0.15) is 13.2 Å². The van der Waals surface area contributed by atoms with Gasteiger partial charge in [0.2, 0.25) is 5.91 Å². The van der Waals surface area contributed by atoms with Gasteiger partial charge in [0, 0.05) is 13.0 Å². The first kappa shape index (κ1) is 52.2. The molecule has 0 saturated heterocycles. The van der Waals surface area contributed by atoms with Gasteiger partial charge in [-0.1, -0.05) is 145 Å². The van der Waals surface area contributed by atoms with Gasteiger partial charge in [-0.3, -0.25) is 13.8 Å². The highest BCUT2D eigenvalue weighted by Gasteiger charge is 2.27. The first-order valence-corrected chi connectivity index (χ1v) is 22.8. The van der Waals surface area contributed by atoms with Crippen LogP contribution < -0.4 is 5.32 Å². The quantitative estimate of drug-likeness (QED) is 0.0213. The summed E-state index contributed by atoms with van der Waals surface area (Å²) in [5, 5.41) is 22.5. The second-order valence-electron chi connectivity index (χ2n) is 15.4. The van der Waals surface area contributed by atoms with Crippen LogP contribution in [0, 0.1) is 0 Å². The molecule has 0 radical (unpaired) electrons. The number of likely N-dealkylation sites (N-methyl/N-ethyl adjacent to an activating group) is 1. The van der Waals surface area contributed by atoms with Gasteiger partial charge in [0.25, 0.3) is 0 Å². The van der Waals surface area contributed by atoms with E-state index in [1.54, 1.807) is 6.08 Å². The number of quaternary nitrogens is 1. The third-order valence-corrected chi connectivity index (χ3v) is 10.0. The molecular weight excluding hydrogens is 699 g/mol. The second kappa shape index (κ2) is 36.8. The van der Waals surface area contributed by atoms with E-state index in [1.165, 1.54) is 64.2 Å². The van der Waals surface area contributed by atoms with E-state index in [-0.39, 0.29) is 32.1 Å². The molecule has 0 aromatic heterocycles. The molecular formula is C44H82N2O7P+. The maximum Gasteiger partial charge on any atom is 0.472 e. The number of allylic oxidation sites excluding steroid dienone is 9. The van der Waals surface area contributed by atoms with Gasteiger partial charge in [0.05, 0.1) is 39.9 Å². The van der Waals surface area contributed by atoms with E-state index in [4.69, 9.17) is 14.2 Å². The summed E-state index contributed by atoms with van der Waals surface area (Å²) >= 11 is 0. The number of amides is 1. The molecule has 0 spiro atoms. The summed E-state index contributed by atoms with van der Waals surface area (Å²) in [4.78, 5) is 23.0. The van der Waals surface area contributed by atoms with Gasteiger partial charge in [-0.25, -0.2) is 4.57 Å². The Balaban J connectivity index is 4.57. The summed E-state index contributed by atoms with van der Waals surface area (Å²) < 4.78 is 23.5. The van der Waals surface area contributed by atoms with E-state index >= 15 is 0 Å². The number of rotatable bonds is 38. The van der Waals surface area contributed by atoms with Gasteiger partial charge in [-0.15, -0.1) is 0 Å². The van der Waals surface area contributed by atoms with Crippen LogP contribution >= 0.6 is 7.82 Å². The highest BCUT2D eigenvalue weighted by atomic mass is 31.2. The van der Waals surface area contributed by atoms with Crippen LogP contribution in [0.2, 0.25) is 0 Å². The zero-order chi connectivity index (χ0) is 40.0. The Labute approximate surface area is 331 Å². The normalized spacial score (nSPS) is 15.0. The fourth-order valence-electron chi connectivity index (χ4n) is 5.60. The number of nitrogens with one attached hydrogen (secondary N) is 1. The third-order valence-electron chi connectivity index (χ3n) is 9.04. The molecule has 314 valence electrons. The summed E-state index contributed by atoms with van der Waals surface area (Å²) in [6.07, 6.45) is 44.4. The molecule has 0 aliphatic heterocycles. The number of unbranched alkanes of at least 4 members (excludes halogenated alkanes) is 16. The highest BCUT2D eigenvalue weighted by Crippen LogP contribution is 2.43. The maximum atomic E-state index is 12.8. The van der Waals surface area contributed by atoms with Crippen LogP contribution in [0.1, 0.15) is 155 Å². The fraction of sp³-hybridized carbons (Fsp3) is 0.750. The smallest absolute Gasteiger partial charge is 0.396 e. The minimum absolute atomic E-state index is 0.0438. The first-order chi connectivity index (χ1) is 26.0. The van der Waals surface area contributed by atoms with E-state index in [0.29, 0.717) is 17.4 Å². The molecule has 3 atom stereocenters. The summed E-state index contributed by atoms with van der Waals surface area (Å²) in [5.74, 6) is -0.243. The number of hydrogen-bond donors (Lipinski definition) is 4. The van der Waals surface area contributed by atoms with Crippen LogP contribution in [0.4, 0.5) is 0 Å². The molecule has 0 bridgehead atoms. The van der Waals surface area contributed by atoms with Crippen molar-refractivity contribution in [3.05, 3.63) is 60.8 Å². The summed E-state index contributed by atoms with van der Waals surface area (Å²) in [5.41, 5.74) is 0. The summed E-state index contributed by atoms with van der Waals surface area (Å²) in [6.45, 7) is 2.75. The predicted octanol–water partition coefficient (Wildman–Crippen LogP) is 10.4. The van der Waals surface area contributed by atoms with E-state index in [1.807, 2.05) is 27.2 Å². The van der Waals surface area contributed by atoms with Crippen LogP contribution in [-0.2, 0) is 18.4 Å². The fourth-order valence-corrected chi connectivity index (χ4v) is 6.34. The Bertz CT molecular complexity index is 1070. The van der Waals surface area contributed by atoms with E-state index in [2.05, 4.69) is 60.8 Å². The molecule has 0 aromatic carbocycles. The molecule has 0 aliphatic rings. The van der Waals surface area contributed by atoms with Gasteiger partial charge < -0.3 is 24.9 Å². The van der Waals surface area contributed by atoms with Crippen molar-refractivity contribution in [1.82, 2.24) is 5.32 Å². The first-order valence-electron chi connectivity index (χ1n) is 21.3. The molecule has 0 saturated carbocycles. The molecule has 9 nitrogen and oxygen atoms in total. The molecule has 0 aromatic rings. The number of aliphatic hydroxyl groups excluding tert-OH is 2. The maximum absolute atomic E-state index is 12.8. The molecule has 0 aliphatic carbocycles. The van der Waals surface area contributed by atoms with E-state index < -0.39 is 20.0 Å². The number of nitrogens with zero attached hydrogens (tertiary/aromatic N) is 1. The Kier molecular flexibility index (Phi) is 35.5. The van der Waals surface area contributed by atoms with Crippen LogP contribution in [0.3, 0.4) is 0 Å². The van der Waals surface area contributed by atoms with Gasteiger partial charge in [-0.2, -0.15) is 0 Å². The molecule has 1 unspecified atom stereocenters. The lowest BCUT2D eigenvalue weighted by atomic mass is 10.0. The van der Waals surface area contributed by atoms with Crippen molar-refractivity contribution in [2.24, 2.45) is 0 Å². The molecule has 1 amide bonds. The van der Waals surface area contributed by atoms with Crippen molar-refractivity contribution in [3.63, 3.8) is 0 Å². The molecule has 54 heavy (non-hydrogen) atoms. The number of carbonyl (C=O) groups is 1. The molecule has 0 rings (SSSR count). The highest BCUT2D eigenvalue weighted by molar-refractivity contribution is 7.47. The SMILES string of the molecule is CCCCCCCCCCCCCC/C=C/[C@@H](O)[C@H](COP(=O)(O)OCC[N+](C)(C)C)NC(=O)CCC/C=C\C/C=C\C/C=C\C/C=C\CCCCCO. The number of carbonyl (C=O) groups excluding carboxylic acids is 1. The molecule has 0 heterocycles. The lowest BCUT2D eigenvalue weighted by Gasteiger charge is -2.25. The summed E-state index contributed by atoms with van der Waals surface area (Å²) in [6, 6.07) is -0.883. The van der Waals surface area contributed by atoms with Crippen LogP contribution in [0.25, 0.3) is 0 Å². The topological polar surface area (TPSA) is 125 Å². The van der Waals surface area contributed by atoms with Crippen molar-refractivity contribution in [2.45, 2.75) is 167 Å². The van der Waals surface area contributed by atoms with Gasteiger partial charge in [0.15, 0.2) is 0 Å². The van der Waals surface area contributed by atoms with Crippen molar-refractivity contribution in [2.75, 3.05) is 47.5 Å². The van der Waals surface area contributed by atoms with Crippen molar-refractivity contribution in [1.29, 1.82) is 0 Å². The number of aliphatic hydroxyl groups is 2. The van der Waals surface area contributed by atoms with Crippen molar-refractivity contribution in [3.8, 4) is 0 Å². The Morgan fingerprint density at radius 3 is 1.65 bits per heavy atom. The van der Waals surface area contributed by atoms with Crippen LogP contribution in [-0.4, -0.2) is 85.2 Å². The van der Waals surface area contributed by atoms with Gasteiger partial charge in [-0.05, 0) is 64.2 Å². The van der Waals surface area contributed by atoms with E-state index in [0.717, 1.165) is 70.6 Å². The van der Waals surface area contributed by atoms with Crippen molar-refractivity contribution < 1.29 is 38.0 Å². The second-order valence-corrected chi connectivity index (χ2v) is 16.9. The molecule has 0 fully saturated rings. The molecule has 4 N–H and O–H groups in total. The summed E-state index contributed by atoms with van der Waals surface area (Å²) in [7, 11) is 1.51. The average Bonchev–Trinajstić information content (AvgIpc) is 3.12. The number of phosphoric ester groups is 1. The van der Waals surface area contributed by atoms with Gasteiger partial charge >= 0.3 is 7.82 Å². The largest absolute Gasteiger partial charge is 0.472 e. The zero-order valence-electron chi connectivity index (χ0n) is 34.9. The Hall–Kier alpha value is -1.84. The standard InChI is InChI=1S/C44H81N2O7P/c1-5-6-7-8-9-10-11-12-18-21-24-27-30-33-36-43(48)42(41-53-54(50,51)52-40-38-46(2,3)4)45-44(49)37-34-31-28-25-22-19-16-14-13-15-17-20-23-26-29-32-35-39-47/h13,15-16,19-20,23,25,28,33,36,42-43,47-48H,5-12,14,17-18,21-22,24,26-27,29-32,34-35,37-41H2,1-4H3,(H-,45,49,50,51)/p+1/b15-13-,19-16-,23-20-,28-25-,36-33+/t42-,43+/m0/s1. The lowest BCUT2D eigenvalue weighted by Crippen LogP contribution is -2.45. The minimum atomic E-state index is -4.36. The van der Waals surface area contributed by atoms with Crippen LogP contribution in [0.5, 0.6) is 0 Å². The Morgan fingerprint density at radius 1 is 0.667 bits per heavy atom. The van der Waals surface area contributed by atoms with Crippen LogP contribution in [0.15, 0.2) is 60.8 Å². The lowest BCUT2D eigenvalue weighted by molar-refractivity contribution is -0.870. The zero-order valence-corrected chi connectivity index (χ0v) is 35.8. The van der Waals surface area contributed by atoms with E-state index in [9.17, 15) is 19.4 Å². The van der Waals surface area contributed by atoms with Crippen molar-refractivity contribution >= 4 is 13.7 Å².